The van der Waals surface area contributed by atoms with E-state index >= 15 is 0 Å². The van der Waals surface area contributed by atoms with Crippen molar-refractivity contribution >= 4 is 5.91 Å². The topological polar surface area (TPSA) is 55.1 Å². The summed E-state index contributed by atoms with van der Waals surface area (Å²) in [6.07, 6.45) is 3.39. The lowest BCUT2D eigenvalue weighted by Gasteiger charge is -2.13. The van der Waals surface area contributed by atoms with Gasteiger partial charge < -0.3 is 11.1 Å². The molecule has 16 heavy (non-hydrogen) atoms. The molecule has 0 aliphatic heterocycles. The summed E-state index contributed by atoms with van der Waals surface area (Å²) in [6.45, 7) is 0.578. The fourth-order valence-corrected chi connectivity index (χ4v) is 2.24. The molecule has 0 fully saturated rings. The first-order valence-electron chi connectivity index (χ1n) is 5.88. The standard InChI is InChI=1S/C13H18N2O/c14-9-3-6-13(16)15-12-8-7-10-4-1-2-5-11(10)12/h1-2,4-5,12H,3,6-9,14H2,(H,15,16). The van der Waals surface area contributed by atoms with E-state index in [9.17, 15) is 4.79 Å². The van der Waals surface area contributed by atoms with Crippen molar-refractivity contribution in [3.8, 4) is 0 Å². The molecule has 0 saturated carbocycles. The molecule has 0 radical (unpaired) electrons. The molecule has 0 saturated heterocycles. The maximum absolute atomic E-state index is 11.6. The number of amides is 1. The molecule has 1 aromatic carbocycles. The number of benzene rings is 1. The van der Waals surface area contributed by atoms with Crippen LogP contribution in [-0.2, 0) is 11.2 Å². The predicted molar refractivity (Wildman–Crippen MR) is 63.9 cm³/mol. The highest BCUT2D eigenvalue weighted by molar-refractivity contribution is 5.76. The molecule has 1 amide bonds. The SMILES string of the molecule is NCCCC(=O)NC1CCc2ccccc21. The van der Waals surface area contributed by atoms with E-state index in [0.717, 1.165) is 19.3 Å². The summed E-state index contributed by atoms with van der Waals surface area (Å²) in [7, 11) is 0. The van der Waals surface area contributed by atoms with E-state index in [2.05, 4.69) is 23.5 Å². The Balaban J connectivity index is 1.95. The second-order valence-corrected chi connectivity index (χ2v) is 4.25. The lowest BCUT2D eigenvalue weighted by Crippen LogP contribution is -2.27. The van der Waals surface area contributed by atoms with E-state index in [1.165, 1.54) is 11.1 Å². The Morgan fingerprint density at radius 3 is 3.06 bits per heavy atom. The summed E-state index contributed by atoms with van der Waals surface area (Å²) in [4.78, 5) is 11.6. The summed E-state index contributed by atoms with van der Waals surface area (Å²) in [6, 6.07) is 8.54. The lowest BCUT2D eigenvalue weighted by atomic mass is 10.1. The second-order valence-electron chi connectivity index (χ2n) is 4.25. The molecule has 1 aromatic rings. The average molecular weight is 218 g/mol. The fourth-order valence-electron chi connectivity index (χ4n) is 2.24. The number of hydrogen-bond acceptors (Lipinski definition) is 2. The third kappa shape index (κ3) is 2.42. The third-order valence-electron chi connectivity index (χ3n) is 3.08. The van der Waals surface area contributed by atoms with Crippen molar-refractivity contribution in [3.05, 3.63) is 35.4 Å². The van der Waals surface area contributed by atoms with Crippen molar-refractivity contribution in [1.29, 1.82) is 0 Å². The first kappa shape index (κ1) is 11.1. The molecule has 0 spiro atoms. The number of aryl methyl sites for hydroxylation is 1. The predicted octanol–water partition coefficient (Wildman–Crippen LogP) is 1.53. The van der Waals surface area contributed by atoms with Gasteiger partial charge in [-0.05, 0) is 36.9 Å². The van der Waals surface area contributed by atoms with E-state index in [1.807, 2.05) is 6.07 Å². The van der Waals surface area contributed by atoms with Crippen LogP contribution < -0.4 is 11.1 Å². The smallest absolute Gasteiger partial charge is 0.220 e. The third-order valence-corrected chi connectivity index (χ3v) is 3.08. The normalized spacial score (nSPS) is 18.2. The van der Waals surface area contributed by atoms with Crippen LogP contribution in [0.2, 0.25) is 0 Å². The number of carbonyl (C=O) groups is 1. The highest BCUT2D eigenvalue weighted by Crippen LogP contribution is 2.30. The van der Waals surface area contributed by atoms with Gasteiger partial charge >= 0.3 is 0 Å². The Morgan fingerprint density at radius 2 is 2.25 bits per heavy atom. The van der Waals surface area contributed by atoms with E-state index < -0.39 is 0 Å². The molecule has 1 aliphatic carbocycles. The summed E-state index contributed by atoms with van der Waals surface area (Å²) in [5, 5.41) is 3.08. The van der Waals surface area contributed by atoms with Gasteiger partial charge in [-0.2, -0.15) is 0 Å². The van der Waals surface area contributed by atoms with Crippen LogP contribution >= 0.6 is 0 Å². The molecule has 0 aromatic heterocycles. The van der Waals surface area contributed by atoms with Crippen LogP contribution in [0.15, 0.2) is 24.3 Å². The minimum absolute atomic E-state index is 0.118. The summed E-state index contributed by atoms with van der Waals surface area (Å²) in [5.41, 5.74) is 8.03. The zero-order valence-corrected chi connectivity index (χ0v) is 9.41. The van der Waals surface area contributed by atoms with Gasteiger partial charge in [0.15, 0.2) is 0 Å². The Labute approximate surface area is 96.0 Å². The van der Waals surface area contributed by atoms with Gasteiger partial charge in [-0.25, -0.2) is 0 Å². The molecule has 0 heterocycles. The van der Waals surface area contributed by atoms with Crippen LogP contribution in [0.4, 0.5) is 0 Å². The highest BCUT2D eigenvalue weighted by Gasteiger charge is 2.22. The molecule has 0 bridgehead atoms. The first-order valence-corrected chi connectivity index (χ1v) is 5.88. The monoisotopic (exact) mass is 218 g/mol. The zero-order chi connectivity index (χ0) is 11.4. The number of nitrogens with one attached hydrogen (secondary N) is 1. The van der Waals surface area contributed by atoms with Gasteiger partial charge in [0.1, 0.15) is 0 Å². The first-order chi connectivity index (χ1) is 7.81. The largest absolute Gasteiger partial charge is 0.349 e. The Kier molecular flexibility index (Phi) is 3.57. The number of nitrogens with two attached hydrogens (primary N) is 1. The fraction of sp³-hybridized carbons (Fsp3) is 0.462. The Bertz CT molecular complexity index is 376. The molecule has 1 unspecified atom stereocenters. The highest BCUT2D eigenvalue weighted by atomic mass is 16.1. The summed E-state index contributed by atoms with van der Waals surface area (Å²) in [5.74, 6) is 0.118. The average Bonchev–Trinajstić information content (AvgIpc) is 2.70. The molecule has 1 atom stereocenters. The zero-order valence-electron chi connectivity index (χ0n) is 9.41. The van der Waals surface area contributed by atoms with Crippen LogP contribution in [0.1, 0.15) is 36.4 Å². The van der Waals surface area contributed by atoms with Crippen LogP contribution in [0.3, 0.4) is 0 Å². The van der Waals surface area contributed by atoms with Crippen LogP contribution in [0, 0.1) is 0 Å². The van der Waals surface area contributed by atoms with Gasteiger partial charge in [0.25, 0.3) is 0 Å². The van der Waals surface area contributed by atoms with Gasteiger partial charge in [0, 0.05) is 6.42 Å². The van der Waals surface area contributed by atoms with Crippen molar-refractivity contribution in [2.24, 2.45) is 5.73 Å². The van der Waals surface area contributed by atoms with Crippen LogP contribution in [0.5, 0.6) is 0 Å². The quantitative estimate of drug-likeness (QED) is 0.805. The number of rotatable bonds is 4. The molecule has 86 valence electrons. The number of fused-ring (bicyclic) bond motifs is 1. The molecule has 3 nitrogen and oxygen atoms in total. The van der Waals surface area contributed by atoms with Gasteiger partial charge in [-0.1, -0.05) is 24.3 Å². The van der Waals surface area contributed by atoms with Crippen molar-refractivity contribution in [2.75, 3.05) is 6.54 Å². The van der Waals surface area contributed by atoms with E-state index in [-0.39, 0.29) is 11.9 Å². The minimum atomic E-state index is 0.118. The maximum Gasteiger partial charge on any atom is 0.220 e. The van der Waals surface area contributed by atoms with Gasteiger partial charge in [-0.3, -0.25) is 4.79 Å². The molecule has 2 rings (SSSR count). The molecule has 3 heteroatoms. The van der Waals surface area contributed by atoms with Crippen LogP contribution in [-0.4, -0.2) is 12.5 Å². The molecular formula is C13H18N2O. The van der Waals surface area contributed by atoms with Crippen LogP contribution in [0.25, 0.3) is 0 Å². The molecule has 1 aliphatic rings. The second kappa shape index (κ2) is 5.12. The van der Waals surface area contributed by atoms with Crippen molar-refractivity contribution in [1.82, 2.24) is 5.32 Å². The Hall–Kier alpha value is -1.35. The maximum atomic E-state index is 11.6. The summed E-state index contributed by atoms with van der Waals surface area (Å²) < 4.78 is 0. The van der Waals surface area contributed by atoms with Gasteiger partial charge in [0.05, 0.1) is 6.04 Å². The lowest BCUT2D eigenvalue weighted by molar-refractivity contribution is -0.121. The number of hydrogen-bond donors (Lipinski definition) is 2. The minimum Gasteiger partial charge on any atom is -0.349 e. The Morgan fingerprint density at radius 1 is 1.44 bits per heavy atom. The van der Waals surface area contributed by atoms with Crippen molar-refractivity contribution in [3.63, 3.8) is 0 Å². The van der Waals surface area contributed by atoms with E-state index in [0.29, 0.717) is 13.0 Å². The van der Waals surface area contributed by atoms with E-state index in [4.69, 9.17) is 5.73 Å². The molecule has 3 N–H and O–H groups in total. The van der Waals surface area contributed by atoms with Gasteiger partial charge in [0.2, 0.25) is 5.91 Å². The van der Waals surface area contributed by atoms with E-state index in [1.54, 1.807) is 0 Å². The van der Waals surface area contributed by atoms with Crippen molar-refractivity contribution < 1.29 is 4.79 Å². The number of carbonyl (C=O) groups excluding carboxylic acids is 1. The van der Waals surface area contributed by atoms with Gasteiger partial charge in [-0.15, -0.1) is 0 Å². The summed E-state index contributed by atoms with van der Waals surface area (Å²) >= 11 is 0. The van der Waals surface area contributed by atoms with Crippen molar-refractivity contribution in [2.45, 2.75) is 31.7 Å². The molecular weight excluding hydrogens is 200 g/mol.